The molecule has 0 bridgehead atoms. The van der Waals surface area contributed by atoms with Crippen LogP contribution in [0.4, 0.5) is 0 Å². The fourth-order valence-corrected chi connectivity index (χ4v) is 12.4. The van der Waals surface area contributed by atoms with Crippen molar-refractivity contribution < 1.29 is 80.2 Å². The lowest BCUT2D eigenvalue weighted by atomic mass is 10.00. The first-order chi connectivity index (χ1) is 43.6. The second kappa shape index (κ2) is 61.6. The maximum Gasteiger partial charge on any atom is 0.472 e. The molecule has 0 radical (unpaired) electrons. The van der Waals surface area contributed by atoms with E-state index in [9.17, 15) is 43.2 Å². The molecule has 6 atom stereocenters. The lowest BCUT2D eigenvalue weighted by molar-refractivity contribution is -0.161. The highest BCUT2D eigenvalue weighted by molar-refractivity contribution is 7.47. The van der Waals surface area contributed by atoms with E-state index in [1.807, 2.05) is 0 Å². The summed E-state index contributed by atoms with van der Waals surface area (Å²) in [6.45, 7) is 14.0. The predicted molar refractivity (Wildman–Crippen MR) is 367 cm³/mol. The average Bonchev–Trinajstić information content (AvgIpc) is 3.05. The summed E-state index contributed by atoms with van der Waals surface area (Å²) in [7, 11) is -9.90. The normalized spacial score (nSPS) is 14.5. The third-order valence-electron chi connectivity index (χ3n) is 16.9. The summed E-state index contributed by atoms with van der Waals surface area (Å²) in [5.74, 6) is 0.820. The zero-order valence-corrected chi connectivity index (χ0v) is 61.3. The van der Waals surface area contributed by atoms with Crippen LogP contribution in [0.5, 0.6) is 0 Å². The van der Waals surface area contributed by atoms with E-state index in [1.165, 1.54) is 148 Å². The van der Waals surface area contributed by atoms with Gasteiger partial charge in [0, 0.05) is 25.7 Å². The molecule has 0 aromatic rings. The lowest BCUT2D eigenvalue weighted by Gasteiger charge is -2.21. The molecule has 3 N–H and O–H groups in total. The Morgan fingerprint density at radius 1 is 0.308 bits per heavy atom. The summed E-state index contributed by atoms with van der Waals surface area (Å²) < 4.78 is 68.3. The van der Waals surface area contributed by atoms with Gasteiger partial charge in [-0.15, -0.1) is 0 Å². The third-order valence-corrected chi connectivity index (χ3v) is 18.8. The van der Waals surface area contributed by atoms with E-state index in [0.29, 0.717) is 37.5 Å². The number of carbonyl (C=O) groups excluding carboxylic acids is 4. The van der Waals surface area contributed by atoms with E-state index >= 15 is 0 Å². The van der Waals surface area contributed by atoms with Crippen molar-refractivity contribution in [2.45, 2.75) is 375 Å². The van der Waals surface area contributed by atoms with E-state index in [2.05, 4.69) is 55.4 Å². The Morgan fingerprint density at radius 3 is 0.780 bits per heavy atom. The van der Waals surface area contributed by atoms with Crippen molar-refractivity contribution in [2.75, 3.05) is 39.6 Å². The standard InChI is InChI=1S/C72H140O17P2/c1-9-65(8)51-43-35-30-31-37-45-53-70(75)83-59-68(89-72(77)55-47-39-29-23-26-34-42-50-64(6)7)61-87-91(80,81)85-57-66(73)56-84-90(78,79)86-60-67(58-82-69(74)52-44-36-28-22-25-33-41-49-63(4)5)88-71(76)54-46-38-27-21-19-17-15-13-11-10-12-14-16-18-20-24-32-40-48-62(2)3/h62-68,73H,9-61H2,1-8H3,(H,78,79)(H,80,81)/t65?,66-,67-,68-/m1/s1. The highest BCUT2D eigenvalue weighted by Gasteiger charge is 2.30. The van der Waals surface area contributed by atoms with E-state index in [-0.39, 0.29) is 25.7 Å². The van der Waals surface area contributed by atoms with Gasteiger partial charge in [0.1, 0.15) is 19.3 Å². The fraction of sp³-hybridized carbons (Fsp3) is 0.944. The molecule has 19 heteroatoms. The van der Waals surface area contributed by atoms with Crippen molar-refractivity contribution in [3.05, 3.63) is 0 Å². The summed E-state index contributed by atoms with van der Waals surface area (Å²) in [5, 5.41) is 10.6. The first-order valence-corrected chi connectivity index (χ1v) is 40.2. The minimum atomic E-state index is -4.95. The molecular weight excluding hydrogens is 1200 g/mol. The van der Waals surface area contributed by atoms with E-state index in [1.54, 1.807) is 0 Å². The van der Waals surface area contributed by atoms with Gasteiger partial charge in [0.25, 0.3) is 0 Å². The number of hydrogen-bond acceptors (Lipinski definition) is 15. The Morgan fingerprint density at radius 2 is 0.527 bits per heavy atom. The van der Waals surface area contributed by atoms with Crippen LogP contribution in [0.25, 0.3) is 0 Å². The van der Waals surface area contributed by atoms with Crippen LogP contribution in [0.1, 0.15) is 357 Å². The van der Waals surface area contributed by atoms with Crippen LogP contribution >= 0.6 is 15.6 Å². The number of hydrogen-bond donors (Lipinski definition) is 3. The maximum atomic E-state index is 13.0. The number of esters is 4. The number of phosphoric acid groups is 2. The number of ether oxygens (including phenoxy) is 4. The van der Waals surface area contributed by atoms with Crippen LogP contribution in [-0.4, -0.2) is 96.7 Å². The molecule has 0 spiro atoms. The molecule has 3 unspecified atom stereocenters. The highest BCUT2D eigenvalue weighted by Crippen LogP contribution is 2.45. The third kappa shape index (κ3) is 65.1. The van der Waals surface area contributed by atoms with Crippen LogP contribution in [0, 0.1) is 23.7 Å². The number of aliphatic hydroxyl groups is 1. The summed E-state index contributed by atoms with van der Waals surface area (Å²) in [6.07, 6.45) is 44.8. The van der Waals surface area contributed by atoms with Crippen LogP contribution < -0.4 is 0 Å². The second-order valence-corrected chi connectivity index (χ2v) is 30.6. The zero-order valence-electron chi connectivity index (χ0n) is 59.5. The quantitative estimate of drug-likeness (QED) is 0.0222. The largest absolute Gasteiger partial charge is 0.472 e. The first kappa shape index (κ1) is 89.1. The van der Waals surface area contributed by atoms with Crippen LogP contribution in [-0.2, 0) is 65.4 Å². The van der Waals surface area contributed by atoms with Gasteiger partial charge < -0.3 is 33.8 Å². The smallest absolute Gasteiger partial charge is 0.462 e. The highest BCUT2D eigenvalue weighted by atomic mass is 31.2. The number of aliphatic hydroxyl groups excluding tert-OH is 1. The van der Waals surface area contributed by atoms with Gasteiger partial charge in [-0.05, 0) is 49.4 Å². The molecule has 17 nitrogen and oxygen atoms in total. The van der Waals surface area contributed by atoms with Crippen molar-refractivity contribution in [3.8, 4) is 0 Å². The topological polar surface area (TPSA) is 237 Å². The van der Waals surface area contributed by atoms with Crippen molar-refractivity contribution in [2.24, 2.45) is 23.7 Å². The van der Waals surface area contributed by atoms with Gasteiger partial charge in [0.2, 0.25) is 0 Å². The molecule has 0 aliphatic rings. The van der Waals surface area contributed by atoms with Crippen molar-refractivity contribution in [3.63, 3.8) is 0 Å². The van der Waals surface area contributed by atoms with Crippen LogP contribution in [0.15, 0.2) is 0 Å². The predicted octanol–water partition coefficient (Wildman–Crippen LogP) is 20.5. The van der Waals surface area contributed by atoms with Gasteiger partial charge >= 0.3 is 39.5 Å². The van der Waals surface area contributed by atoms with E-state index in [4.69, 9.17) is 37.0 Å². The van der Waals surface area contributed by atoms with E-state index < -0.39 is 97.5 Å². The van der Waals surface area contributed by atoms with Crippen molar-refractivity contribution >= 4 is 39.5 Å². The summed E-state index contributed by atoms with van der Waals surface area (Å²) >= 11 is 0. The Hall–Kier alpha value is -1.94. The van der Waals surface area contributed by atoms with Crippen molar-refractivity contribution in [1.82, 2.24) is 0 Å². The molecule has 0 rings (SSSR count). The molecule has 0 aromatic heterocycles. The average molecular weight is 1340 g/mol. The fourth-order valence-electron chi connectivity index (χ4n) is 10.8. The Balaban J connectivity index is 5.16. The van der Waals surface area contributed by atoms with Crippen molar-refractivity contribution in [1.29, 1.82) is 0 Å². The molecule has 0 heterocycles. The first-order valence-electron chi connectivity index (χ1n) is 37.2. The monoisotopic (exact) mass is 1340 g/mol. The second-order valence-electron chi connectivity index (χ2n) is 27.6. The van der Waals surface area contributed by atoms with Crippen LogP contribution in [0.3, 0.4) is 0 Å². The van der Waals surface area contributed by atoms with Gasteiger partial charge in [-0.2, -0.15) is 0 Å². The molecule has 0 aliphatic carbocycles. The van der Waals surface area contributed by atoms with Gasteiger partial charge in [0.15, 0.2) is 12.2 Å². The number of unbranched alkanes of at least 4 members (excludes halogenated alkanes) is 34. The maximum absolute atomic E-state index is 13.0. The molecule has 91 heavy (non-hydrogen) atoms. The Kier molecular flexibility index (Phi) is 60.3. The SMILES string of the molecule is CCC(C)CCCCCCCCC(=O)OC[C@H](COP(=O)(O)OC[C@H](O)COP(=O)(O)OC[C@@H](COC(=O)CCCCCCCCCC(C)C)OC(=O)CCCCCCCCCCCCCCCCCCCCC(C)C)OC(=O)CCCCCCCCCC(C)C. The van der Waals surface area contributed by atoms with Crippen LogP contribution in [0.2, 0.25) is 0 Å². The molecule has 0 aliphatic heterocycles. The van der Waals surface area contributed by atoms with Gasteiger partial charge in [-0.1, -0.05) is 306 Å². The van der Waals surface area contributed by atoms with E-state index in [0.717, 1.165) is 115 Å². The molecular formula is C72H140O17P2. The van der Waals surface area contributed by atoms with Gasteiger partial charge in [0.05, 0.1) is 26.4 Å². The number of rotatable bonds is 69. The van der Waals surface area contributed by atoms with Gasteiger partial charge in [-0.25, -0.2) is 9.13 Å². The molecule has 0 saturated carbocycles. The Labute approximate surface area is 556 Å². The molecule has 540 valence electrons. The number of phosphoric ester groups is 2. The molecule has 0 aromatic carbocycles. The minimum absolute atomic E-state index is 0.102. The summed E-state index contributed by atoms with van der Waals surface area (Å²) in [4.78, 5) is 72.5. The zero-order chi connectivity index (χ0) is 67.5. The summed E-state index contributed by atoms with van der Waals surface area (Å²) in [6, 6.07) is 0. The molecule has 0 amide bonds. The molecule has 0 saturated heterocycles. The minimum Gasteiger partial charge on any atom is -0.462 e. The van der Waals surface area contributed by atoms with Gasteiger partial charge in [-0.3, -0.25) is 37.3 Å². The Bertz CT molecular complexity index is 1800. The lowest BCUT2D eigenvalue weighted by Crippen LogP contribution is -2.30. The summed E-state index contributed by atoms with van der Waals surface area (Å²) in [5.41, 5.74) is 0. The number of carbonyl (C=O) groups is 4. The molecule has 0 fully saturated rings.